The number of fused-ring (bicyclic) bond motifs is 1. The first-order chi connectivity index (χ1) is 15.5. The molecule has 176 valence electrons. The Labute approximate surface area is 198 Å². The van der Waals surface area contributed by atoms with Crippen LogP contribution in [-0.4, -0.2) is 41.1 Å². The number of carbonyl (C=O) groups excluding carboxylic acids is 1. The summed E-state index contributed by atoms with van der Waals surface area (Å²) in [5.41, 5.74) is 2.39. The number of thioether (sulfide) groups is 1. The van der Waals surface area contributed by atoms with Crippen LogP contribution in [0.1, 0.15) is 56.4 Å². The second kappa shape index (κ2) is 8.80. The third kappa shape index (κ3) is 4.68. The van der Waals surface area contributed by atoms with Gasteiger partial charge in [-0.3, -0.25) is 13.9 Å². The Kier molecular flexibility index (Phi) is 6.35. The molecule has 1 aliphatic heterocycles. The van der Waals surface area contributed by atoms with Gasteiger partial charge in [0, 0.05) is 22.9 Å². The second-order valence-electron chi connectivity index (χ2n) is 9.55. The Morgan fingerprint density at radius 2 is 1.79 bits per heavy atom. The van der Waals surface area contributed by atoms with Gasteiger partial charge in [0.15, 0.2) is 5.78 Å². The quantitative estimate of drug-likeness (QED) is 0.366. The molecule has 2 aromatic carbocycles. The Balaban J connectivity index is 1.75. The molecule has 0 N–H and O–H groups in total. The van der Waals surface area contributed by atoms with Gasteiger partial charge in [-0.05, 0) is 74.8 Å². The monoisotopic (exact) mass is 486 g/mol. The van der Waals surface area contributed by atoms with Crippen molar-refractivity contribution in [3.05, 3.63) is 58.5 Å². The summed E-state index contributed by atoms with van der Waals surface area (Å²) < 4.78 is 27.1. The number of hydrogen-bond donors (Lipinski definition) is 0. The maximum atomic E-state index is 13.4. The number of nitrogens with zero attached hydrogens (tertiary/aromatic N) is 2. The Morgan fingerprint density at radius 1 is 1.09 bits per heavy atom. The summed E-state index contributed by atoms with van der Waals surface area (Å²) in [5.74, 6) is 0.264. The summed E-state index contributed by atoms with van der Waals surface area (Å²) in [6.45, 7) is 5.92. The van der Waals surface area contributed by atoms with E-state index in [-0.39, 0.29) is 34.4 Å². The normalized spacial score (nSPS) is 17.5. The van der Waals surface area contributed by atoms with Gasteiger partial charge in [-0.2, -0.15) is 0 Å². The van der Waals surface area contributed by atoms with E-state index in [9.17, 15) is 18.0 Å². The zero-order valence-corrected chi connectivity index (χ0v) is 21.1. The molecule has 3 aromatic rings. The molecule has 1 fully saturated rings. The highest BCUT2D eigenvalue weighted by Gasteiger charge is 2.35. The van der Waals surface area contributed by atoms with Crippen LogP contribution in [0, 0.1) is 5.41 Å². The summed E-state index contributed by atoms with van der Waals surface area (Å²) in [4.78, 5) is 27.7. The molecule has 1 aromatic heterocycles. The molecule has 2 heterocycles. The Morgan fingerprint density at radius 3 is 2.42 bits per heavy atom. The van der Waals surface area contributed by atoms with Crippen molar-refractivity contribution in [1.29, 1.82) is 0 Å². The molecule has 1 saturated heterocycles. The molecule has 0 bridgehead atoms. The van der Waals surface area contributed by atoms with Gasteiger partial charge in [0.1, 0.15) is 9.84 Å². The topological polar surface area (TPSA) is 78.1 Å². The molecule has 0 atom stereocenters. The fourth-order valence-corrected chi connectivity index (χ4v) is 6.85. The molecule has 33 heavy (non-hydrogen) atoms. The lowest BCUT2D eigenvalue weighted by Crippen LogP contribution is -2.33. The van der Waals surface area contributed by atoms with Crippen LogP contribution in [0.2, 0.25) is 0 Å². The highest BCUT2D eigenvalue weighted by Crippen LogP contribution is 2.37. The fourth-order valence-electron chi connectivity index (χ4n) is 4.59. The van der Waals surface area contributed by atoms with E-state index in [1.807, 2.05) is 63.4 Å². The lowest BCUT2D eigenvalue weighted by molar-refractivity contribution is 0.0911. The molecule has 0 aliphatic carbocycles. The summed E-state index contributed by atoms with van der Waals surface area (Å²) >= 11 is 1.62. The third-order valence-electron chi connectivity index (χ3n) is 6.64. The van der Waals surface area contributed by atoms with Crippen molar-refractivity contribution in [2.24, 2.45) is 5.41 Å². The van der Waals surface area contributed by atoms with Crippen LogP contribution in [0.25, 0.3) is 16.7 Å². The number of ketones is 1. The zero-order valence-electron chi connectivity index (χ0n) is 19.5. The molecule has 4 rings (SSSR count). The van der Waals surface area contributed by atoms with Crippen LogP contribution >= 0.6 is 11.8 Å². The van der Waals surface area contributed by atoms with Crippen LogP contribution in [-0.2, 0) is 9.84 Å². The van der Waals surface area contributed by atoms with Crippen LogP contribution in [0.15, 0.2) is 52.2 Å². The molecular weight excluding hydrogens is 456 g/mol. The maximum Gasteiger partial charge on any atom is 0.333 e. The summed E-state index contributed by atoms with van der Waals surface area (Å²) in [6, 6.07) is 13.2. The van der Waals surface area contributed by atoms with E-state index < -0.39 is 9.84 Å². The number of aromatic nitrogens is 2. The van der Waals surface area contributed by atoms with Crippen molar-refractivity contribution in [3.63, 3.8) is 0 Å². The van der Waals surface area contributed by atoms with E-state index in [4.69, 9.17) is 0 Å². The summed E-state index contributed by atoms with van der Waals surface area (Å²) in [6.07, 6.45) is 3.31. The minimum atomic E-state index is -2.99. The summed E-state index contributed by atoms with van der Waals surface area (Å²) in [5, 5.41) is 0. The predicted octanol–water partition coefficient (Wildman–Crippen LogP) is 4.88. The fraction of sp³-hybridized carbons (Fsp3) is 0.440. The number of imidazole rings is 1. The van der Waals surface area contributed by atoms with Gasteiger partial charge in [0.05, 0.1) is 28.2 Å². The van der Waals surface area contributed by atoms with Crippen molar-refractivity contribution in [1.82, 2.24) is 9.13 Å². The molecule has 0 spiro atoms. The zero-order chi connectivity index (χ0) is 24.0. The predicted molar refractivity (Wildman–Crippen MR) is 135 cm³/mol. The number of hydrogen-bond acceptors (Lipinski definition) is 5. The van der Waals surface area contributed by atoms with E-state index >= 15 is 0 Å². The number of sulfone groups is 1. The van der Waals surface area contributed by atoms with Gasteiger partial charge in [0.25, 0.3) is 0 Å². The number of carbonyl (C=O) groups is 1. The molecule has 1 aliphatic rings. The van der Waals surface area contributed by atoms with Gasteiger partial charge in [-0.25, -0.2) is 13.2 Å². The van der Waals surface area contributed by atoms with Gasteiger partial charge < -0.3 is 0 Å². The van der Waals surface area contributed by atoms with Gasteiger partial charge >= 0.3 is 5.69 Å². The second-order valence-corrected chi connectivity index (χ2v) is 12.7. The van der Waals surface area contributed by atoms with Crippen molar-refractivity contribution >= 4 is 38.4 Å². The van der Waals surface area contributed by atoms with Crippen LogP contribution < -0.4 is 5.69 Å². The van der Waals surface area contributed by atoms with E-state index in [0.717, 1.165) is 21.6 Å². The van der Waals surface area contributed by atoms with E-state index in [0.29, 0.717) is 24.8 Å². The Bertz CT molecular complexity index is 1370. The minimum Gasteiger partial charge on any atom is -0.294 e. The molecule has 0 saturated carbocycles. The molecule has 0 radical (unpaired) electrons. The van der Waals surface area contributed by atoms with E-state index in [2.05, 4.69) is 0 Å². The molecular formula is C25H30N2O4S2. The van der Waals surface area contributed by atoms with Crippen LogP contribution in [0.5, 0.6) is 0 Å². The molecule has 0 amide bonds. The Hall–Kier alpha value is -2.32. The summed E-state index contributed by atoms with van der Waals surface area (Å²) in [7, 11) is -2.99. The molecule has 0 unspecified atom stereocenters. The smallest absolute Gasteiger partial charge is 0.294 e. The van der Waals surface area contributed by atoms with Crippen molar-refractivity contribution in [3.8, 4) is 5.69 Å². The first-order valence-electron chi connectivity index (χ1n) is 11.2. The lowest BCUT2D eigenvalue weighted by Gasteiger charge is -2.32. The van der Waals surface area contributed by atoms with Gasteiger partial charge in [-0.15, -0.1) is 11.8 Å². The average molecular weight is 487 g/mol. The van der Waals surface area contributed by atoms with Gasteiger partial charge in [0.2, 0.25) is 0 Å². The first-order valence-corrected chi connectivity index (χ1v) is 14.2. The van der Waals surface area contributed by atoms with Gasteiger partial charge in [-0.1, -0.05) is 13.0 Å². The standard InChI is InChI=1S/C25H30N2O4S2/c1-17(2)26-22-14-18(23(28)16-25(3)10-12-33(30,31)13-11-25)8-9-21(22)27(24(26)29)19-6-5-7-20(15-19)32-4/h5-9,14-15,17H,10-13,16H2,1-4H3. The number of benzene rings is 2. The largest absolute Gasteiger partial charge is 0.333 e. The highest BCUT2D eigenvalue weighted by molar-refractivity contribution is 7.98. The average Bonchev–Trinajstić information content (AvgIpc) is 3.07. The molecule has 6 nitrogen and oxygen atoms in total. The van der Waals surface area contributed by atoms with E-state index in [1.54, 1.807) is 27.0 Å². The first kappa shape index (κ1) is 23.8. The lowest BCUT2D eigenvalue weighted by atomic mass is 9.78. The van der Waals surface area contributed by atoms with Crippen molar-refractivity contribution in [2.45, 2.75) is 51.0 Å². The van der Waals surface area contributed by atoms with Crippen LogP contribution in [0.3, 0.4) is 0 Å². The van der Waals surface area contributed by atoms with Crippen molar-refractivity contribution < 1.29 is 13.2 Å². The maximum absolute atomic E-state index is 13.4. The van der Waals surface area contributed by atoms with E-state index in [1.165, 1.54) is 0 Å². The third-order valence-corrected chi connectivity index (χ3v) is 9.02. The van der Waals surface area contributed by atoms with Crippen LogP contribution in [0.4, 0.5) is 0 Å². The molecule has 8 heteroatoms. The number of rotatable bonds is 6. The van der Waals surface area contributed by atoms with Crippen molar-refractivity contribution in [2.75, 3.05) is 17.8 Å². The SMILES string of the molecule is CSc1cccc(-n2c(=O)n(C(C)C)c3cc(C(=O)CC4(C)CCS(=O)(=O)CC4)ccc32)c1. The highest BCUT2D eigenvalue weighted by atomic mass is 32.2. The minimum absolute atomic E-state index is 0.0152. The number of Topliss-reactive ketones (excluding diaryl/α,β-unsaturated/α-hetero) is 1.